The molecule has 7 heteroatoms. The van der Waals surface area contributed by atoms with Gasteiger partial charge in [-0.15, -0.1) is 0 Å². The van der Waals surface area contributed by atoms with Gasteiger partial charge in [-0.1, -0.05) is 6.07 Å². The molecule has 2 aliphatic rings. The number of rotatable bonds is 5. The Labute approximate surface area is 168 Å². The Bertz CT molecular complexity index is 718. The van der Waals surface area contributed by atoms with Crippen molar-refractivity contribution in [1.29, 1.82) is 5.26 Å². The zero-order valence-corrected chi connectivity index (χ0v) is 17.8. The van der Waals surface area contributed by atoms with Crippen molar-refractivity contribution in [3.8, 4) is 6.07 Å². The average Bonchev–Trinajstić information content (AvgIpc) is 2.90. The van der Waals surface area contributed by atoms with Gasteiger partial charge in [0, 0.05) is 33.2 Å². The van der Waals surface area contributed by atoms with Crippen LogP contribution < -0.4 is 10.4 Å². The zero-order chi connectivity index (χ0) is 20.5. The highest BCUT2D eigenvalue weighted by atomic mass is 16.7. The molecule has 0 aliphatic carbocycles. The molecule has 0 aromatic heterocycles. The van der Waals surface area contributed by atoms with E-state index in [1.807, 2.05) is 45.9 Å². The van der Waals surface area contributed by atoms with E-state index in [1.165, 1.54) is 0 Å². The summed E-state index contributed by atoms with van der Waals surface area (Å²) in [5.41, 5.74) is 1.70. The first-order valence-electron chi connectivity index (χ1n) is 9.92. The number of piperidine rings is 1. The maximum atomic E-state index is 9.74. The van der Waals surface area contributed by atoms with E-state index in [9.17, 15) is 5.26 Å². The molecule has 2 fully saturated rings. The molecule has 1 aromatic carbocycles. The van der Waals surface area contributed by atoms with Crippen LogP contribution in [0.15, 0.2) is 18.2 Å². The molecule has 0 bridgehead atoms. The van der Waals surface area contributed by atoms with Crippen LogP contribution in [0.4, 0.5) is 5.69 Å². The van der Waals surface area contributed by atoms with E-state index in [0.717, 1.165) is 37.1 Å². The quantitative estimate of drug-likeness (QED) is 0.573. The summed E-state index contributed by atoms with van der Waals surface area (Å²) >= 11 is 0. The lowest BCUT2D eigenvalue weighted by Gasteiger charge is -2.36. The molecule has 152 valence electrons. The van der Waals surface area contributed by atoms with E-state index in [-0.39, 0.29) is 6.29 Å². The van der Waals surface area contributed by atoms with Crippen molar-refractivity contribution in [2.45, 2.75) is 58.0 Å². The maximum absolute atomic E-state index is 9.74. The van der Waals surface area contributed by atoms with Crippen molar-refractivity contribution >= 4 is 18.3 Å². The van der Waals surface area contributed by atoms with Crippen LogP contribution in [0.2, 0.25) is 0 Å². The summed E-state index contributed by atoms with van der Waals surface area (Å²) in [4.78, 5) is 2.27. The predicted octanol–water partition coefficient (Wildman–Crippen LogP) is 2.69. The molecule has 0 saturated carbocycles. The second-order valence-electron chi connectivity index (χ2n) is 8.64. The largest absolute Gasteiger partial charge is 0.494 e. The third-order valence-electron chi connectivity index (χ3n) is 6.40. The predicted molar refractivity (Wildman–Crippen MR) is 110 cm³/mol. The number of nitriles is 1. The van der Waals surface area contributed by atoms with Gasteiger partial charge in [-0.3, -0.25) is 0 Å². The van der Waals surface area contributed by atoms with Crippen molar-refractivity contribution in [2.75, 3.05) is 32.2 Å². The normalized spacial score (nSPS) is 21.9. The van der Waals surface area contributed by atoms with Crippen LogP contribution in [0.1, 0.15) is 46.1 Å². The number of hydrogen-bond acceptors (Lipinski definition) is 6. The van der Waals surface area contributed by atoms with E-state index in [2.05, 4.69) is 11.0 Å². The van der Waals surface area contributed by atoms with Crippen LogP contribution in [-0.4, -0.2) is 51.9 Å². The van der Waals surface area contributed by atoms with E-state index < -0.39 is 18.3 Å². The fraction of sp³-hybridized carbons (Fsp3) is 0.667. The molecular formula is C21H31BN2O4. The van der Waals surface area contributed by atoms with Gasteiger partial charge in [0.15, 0.2) is 6.29 Å². The summed E-state index contributed by atoms with van der Waals surface area (Å²) in [7, 11) is 2.91. The molecule has 3 rings (SSSR count). The SMILES string of the molecule is COC(OC)C1CCN(c2ccc(B3OC(C)(C)C(C)(C)O3)cc2C#N)CC1. The summed E-state index contributed by atoms with van der Waals surface area (Å²) in [5.74, 6) is 0.376. The van der Waals surface area contributed by atoms with Gasteiger partial charge in [0.2, 0.25) is 0 Å². The van der Waals surface area contributed by atoms with E-state index in [4.69, 9.17) is 18.8 Å². The summed E-state index contributed by atoms with van der Waals surface area (Å²) < 4.78 is 23.1. The minimum Gasteiger partial charge on any atom is -0.399 e. The molecular weight excluding hydrogens is 355 g/mol. The fourth-order valence-electron chi connectivity index (χ4n) is 3.94. The van der Waals surface area contributed by atoms with Crippen LogP contribution in [-0.2, 0) is 18.8 Å². The van der Waals surface area contributed by atoms with Gasteiger partial charge in [0.1, 0.15) is 6.07 Å². The first-order valence-corrected chi connectivity index (χ1v) is 9.92. The molecule has 0 amide bonds. The Morgan fingerprint density at radius 1 is 1.11 bits per heavy atom. The van der Waals surface area contributed by atoms with Gasteiger partial charge < -0.3 is 23.7 Å². The lowest BCUT2D eigenvalue weighted by molar-refractivity contribution is -0.141. The second kappa shape index (κ2) is 8.04. The Morgan fingerprint density at radius 3 is 2.18 bits per heavy atom. The standard InChI is InChI=1S/C21H31BN2O4/c1-20(2)21(3,4)28-22(27-20)17-7-8-18(16(13-17)14-23)24-11-9-15(10-12-24)19(25-5)26-6/h7-8,13,15,19H,9-12H2,1-6H3. The molecule has 6 nitrogen and oxygen atoms in total. The van der Waals surface area contributed by atoms with Gasteiger partial charge in [-0.05, 0) is 58.1 Å². The Hall–Kier alpha value is -1.59. The molecule has 1 aromatic rings. The van der Waals surface area contributed by atoms with Gasteiger partial charge in [-0.25, -0.2) is 0 Å². The first kappa shape index (κ1) is 21.1. The molecule has 0 radical (unpaired) electrons. The number of methoxy groups -OCH3 is 2. The van der Waals surface area contributed by atoms with Crippen molar-refractivity contribution in [3.05, 3.63) is 23.8 Å². The topological polar surface area (TPSA) is 64.0 Å². The average molecular weight is 386 g/mol. The molecule has 0 unspecified atom stereocenters. The highest BCUT2D eigenvalue weighted by Crippen LogP contribution is 2.37. The van der Waals surface area contributed by atoms with Crippen molar-refractivity contribution < 1.29 is 18.8 Å². The molecule has 2 heterocycles. The number of anilines is 1. The van der Waals surface area contributed by atoms with E-state index >= 15 is 0 Å². The summed E-state index contributed by atoms with van der Waals surface area (Å²) in [6.45, 7) is 9.87. The van der Waals surface area contributed by atoms with Gasteiger partial charge in [0.05, 0.1) is 22.5 Å². The zero-order valence-electron chi connectivity index (χ0n) is 17.8. The number of ether oxygens (including phenoxy) is 2. The minimum absolute atomic E-state index is 0.164. The lowest BCUT2D eigenvalue weighted by atomic mass is 9.78. The van der Waals surface area contributed by atoms with Crippen LogP contribution in [0, 0.1) is 17.2 Å². The van der Waals surface area contributed by atoms with E-state index in [0.29, 0.717) is 11.5 Å². The molecule has 2 saturated heterocycles. The van der Waals surface area contributed by atoms with Crippen LogP contribution in [0.3, 0.4) is 0 Å². The number of benzene rings is 1. The summed E-state index contributed by atoms with van der Waals surface area (Å²) in [6.07, 6.45) is 1.77. The summed E-state index contributed by atoms with van der Waals surface area (Å²) in [6, 6.07) is 8.28. The Kier molecular flexibility index (Phi) is 6.07. The highest BCUT2D eigenvalue weighted by Gasteiger charge is 2.51. The monoisotopic (exact) mass is 386 g/mol. The molecule has 0 atom stereocenters. The Morgan fingerprint density at radius 2 is 1.68 bits per heavy atom. The van der Waals surface area contributed by atoms with Crippen molar-refractivity contribution in [3.63, 3.8) is 0 Å². The van der Waals surface area contributed by atoms with Crippen molar-refractivity contribution in [1.82, 2.24) is 0 Å². The van der Waals surface area contributed by atoms with Crippen molar-refractivity contribution in [2.24, 2.45) is 5.92 Å². The molecule has 0 N–H and O–H groups in total. The minimum atomic E-state index is -0.457. The maximum Gasteiger partial charge on any atom is 0.494 e. The second-order valence-corrected chi connectivity index (χ2v) is 8.64. The number of nitrogens with zero attached hydrogens (tertiary/aromatic N) is 2. The van der Waals surface area contributed by atoms with E-state index in [1.54, 1.807) is 14.2 Å². The highest BCUT2D eigenvalue weighted by molar-refractivity contribution is 6.62. The number of hydrogen-bond donors (Lipinski definition) is 0. The molecule has 0 spiro atoms. The smallest absolute Gasteiger partial charge is 0.399 e. The molecule has 2 aliphatic heterocycles. The van der Waals surface area contributed by atoms with Gasteiger partial charge in [0.25, 0.3) is 0 Å². The van der Waals surface area contributed by atoms with Gasteiger partial charge in [-0.2, -0.15) is 5.26 Å². The first-order chi connectivity index (χ1) is 13.2. The fourth-order valence-corrected chi connectivity index (χ4v) is 3.94. The van der Waals surface area contributed by atoms with Gasteiger partial charge >= 0.3 is 7.12 Å². The lowest BCUT2D eigenvalue weighted by Crippen LogP contribution is -2.41. The van der Waals surface area contributed by atoms with Crippen LogP contribution in [0.5, 0.6) is 0 Å². The van der Waals surface area contributed by atoms with Crippen LogP contribution >= 0.6 is 0 Å². The summed E-state index contributed by atoms with van der Waals surface area (Å²) in [5, 5.41) is 9.74. The Balaban J connectivity index is 1.74. The third-order valence-corrected chi connectivity index (χ3v) is 6.40. The third kappa shape index (κ3) is 3.92. The van der Waals surface area contributed by atoms with Crippen LogP contribution in [0.25, 0.3) is 0 Å². The molecule has 28 heavy (non-hydrogen) atoms.